The molecule has 0 aliphatic heterocycles. The molecule has 0 aromatic heterocycles. The van der Waals surface area contributed by atoms with Crippen LogP contribution >= 0.6 is 0 Å². The Morgan fingerprint density at radius 1 is 0.383 bits per heavy atom. The number of rotatable bonds is 43. The molecule has 340 valence electrons. The van der Waals surface area contributed by atoms with Crippen LogP contribution in [0.4, 0.5) is 0 Å². The molecule has 0 spiro atoms. The highest BCUT2D eigenvalue weighted by molar-refractivity contribution is 5.70. The largest absolute Gasteiger partial charge is 0.462 e. The number of hydrogen-bond donors (Lipinski definition) is 0. The number of hydrogen-bond acceptors (Lipinski definition) is 5. The lowest BCUT2D eigenvalue weighted by atomic mass is 10.1. The van der Waals surface area contributed by atoms with Crippen molar-refractivity contribution in [3.05, 3.63) is 109 Å². The van der Waals surface area contributed by atoms with Crippen LogP contribution in [0.1, 0.15) is 201 Å². The molecule has 0 saturated heterocycles. The van der Waals surface area contributed by atoms with Crippen LogP contribution in [0.2, 0.25) is 0 Å². The minimum Gasteiger partial charge on any atom is -0.462 e. The lowest BCUT2D eigenvalue weighted by Crippen LogP contribution is -2.30. The number of unbranched alkanes of at least 4 members (excludes halogenated alkanes) is 14. The molecule has 0 aromatic carbocycles. The van der Waals surface area contributed by atoms with Gasteiger partial charge in [-0.2, -0.15) is 0 Å². The van der Waals surface area contributed by atoms with E-state index in [1.54, 1.807) is 0 Å². The predicted octanol–water partition coefficient (Wildman–Crippen LogP) is 16.4. The molecular formula is C55H90O5. The molecule has 5 nitrogen and oxygen atoms in total. The van der Waals surface area contributed by atoms with E-state index in [1.807, 2.05) is 0 Å². The van der Waals surface area contributed by atoms with Crippen LogP contribution in [-0.2, 0) is 23.8 Å². The second kappa shape index (κ2) is 49.9. The fraction of sp³-hybridized carbons (Fsp3) is 0.636. The molecule has 0 radical (unpaired) electrons. The van der Waals surface area contributed by atoms with Crippen LogP contribution in [0.5, 0.6) is 0 Å². The molecule has 1 unspecified atom stereocenters. The lowest BCUT2D eigenvalue weighted by molar-refractivity contribution is -0.163. The van der Waals surface area contributed by atoms with Gasteiger partial charge in [-0.05, 0) is 122 Å². The number of carbonyl (C=O) groups is 2. The van der Waals surface area contributed by atoms with Crippen molar-refractivity contribution in [2.24, 2.45) is 0 Å². The first-order chi connectivity index (χ1) is 29.6. The molecule has 0 fully saturated rings. The van der Waals surface area contributed by atoms with Crippen molar-refractivity contribution < 1.29 is 23.8 Å². The molecular weight excluding hydrogens is 741 g/mol. The van der Waals surface area contributed by atoms with E-state index >= 15 is 0 Å². The first kappa shape index (κ1) is 56.6. The van der Waals surface area contributed by atoms with E-state index in [0.29, 0.717) is 19.4 Å². The Bertz CT molecular complexity index is 1210. The van der Waals surface area contributed by atoms with Crippen molar-refractivity contribution in [3.63, 3.8) is 0 Å². The molecule has 0 aromatic rings. The highest BCUT2D eigenvalue weighted by Gasteiger charge is 2.17. The zero-order valence-electron chi connectivity index (χ0n) is 38.9. The first-order valence-electron chi connectivity index (χ1n) is 24.4. The highest BCUT2D eigenvalue weighted by atomic mass is 16.6. The van der Waals surface area contributed by atoms with Gasteiger partial charge in [-0.3, -0.25) is 9.59 Å². The molecule has 1 atom stereocenters. The second-order valence-corrected chi connectivity index (χ2v) is 15.6. The van der Waals surface area contributed by atoms with Gasteiger partial charge in [0.05, 0.1) is 6.61 Å². The predicted molar refractivity (Wildman–Crippen MR) is 260 cm³/mol. The summed E-state index contributed by atoms with van der Waals surface area (Å²) in [5.74, 6) is -0.474. The van der Waals surface area contributed by atoms with E-state index in [1.165, 1.54) is 44.9 Å². The van der Waals surface area contributed by atoms with Gasteiger partial charge in [-0.1, -0.05) is 175 Å². The smallest absolute Gasteiger partial charge is 0.306 e. The van der Waals surface area contributed by atoms with Gasteiger partial charge in [0.15, 0.2) is 6.10 Å². The van der Waals surface area contributed by atoms with Crippen LogP contribution in [0.15, 0.2) is 109 Å². The zero-order chi connectivity index (χ0) is 43.5. The molecule has 5 heteroatoms. The van der Waals surface area contributed by atoms with Crippen molar-refractivity contribution in [1.82, 2.24) is 0 Å². The number of allylic oxidation sites excluding steroid dienone is 18. The molecule has 0 heterocycles. The van der Waals surface area contributed by atoms with E-state index in [9.17, 15) is 9.59 Å². The summed E-state index contributed by atoms with van der Waals surface area (Å²) in [5.41, 5.74) is 0. The van der Waals surface area contributed by atoms with Crippen molar-refractivity contribution in [3.8, 4) is 0 Å². The van der Waals surface area contributed by atoms with Gasteiger partial charge in [0, 0.05) is 19.4 Å². The summed E-state index contributed by atoms with van der Waals surface area (Å²) in [6.07, 6.45) is 68.1. The third-order valence-corrected chi connectivity index (χ3v) is 9.77. The van der Waals surface area contributed by atoms with Crippen LogP contribution < -0.4 is 0 Å². The Hall–Kier alpha value is -3.44. The molecule has 0 rings (SSSR count). The Labute approximate surface area is 370 Å². The second-order valence-electron chi connectivity index (χ2n) is 15.6. The number of carbonyl (C=O) groups excluding carboxylic acids is 2. The van der Waals surface area contributed by atoms with E-state index in [0.717, 1.165) is 122 Å². The first-order valence-corrected chi connectivity index (χ1v) is 24.4. The van der Waals surface area contributed by atoms with Gasteiger partial charge < -0.3 is 14.2 Å². The number of esters is 2. The van der Waals surface area contributed by atoms with Crippen LogP contribution in [0.3, 0.4) is 0 Å². The topological polar surface area (TPSA) is 61.8 Å². The molecule has 0 amide bonds. The Kier molecular flexibility index (Phi) is 47.1. The van der Waals surface area contributed by atoms with Gasteiger partial charge in [0.2, 0.25) is 0 Å². The fourth-order valence-corrected chi connectivity index (χ4v) is 6.19. The highest BCUT2D eigenvalue weighted by Crippen LogP contribution is 2.12. The summed E-state index contributed by atoms with van der Waals surface area (Å²) in [6, 6.07) is 0. The fourth-order valence-electron chi connectivity index (χ4n) is 6.19. The Morgan fingerprint density at radius 2 is 0.750 bits per heavy atom. The van der Waals surface area contributed by atoms with Crippen molar-refractivity contribution in [2.75, 3.05) is 19.8 Å². The zero-order valence-corrected chi connectivity index (χ0v) is 38.9. The summed E-state index contributed by atoms with van der Waals surface area (Å²) in [5, 5.41) is 0. The average Bonchev–Trinajstić information content (AvgIpc) is 3.25. The maximum absolute atomic E-state index is 12.8. The molecule has 0 aliphatic carbocycles. The minimum absolute atomic E-state index is 0.0429. The SMILES string of the molecule is CC/C=C\C/C=C\C/C=C\C/C=C\C/C=C\CCCCOCC(COC(=O)CCCCC/C=C\C/C=C\C/C=C\CC)OC(=O)CCCCCCC/C=C\CCCCCC. The maximum atomic E-state index is 12.8. The van der Waals surface area contributed by atoms with Crippen molar-refractivity contribution in [2.45, 2.75) is 207 Å². The third-order valence-electron chi connectivity index (χ3n) is 9.77. The van der Waals surface area contributed by atoms with Gasteiger partial charge in [0.25, 0.3) is 0 Å². The summed E-state index contributed by atoms with van der Waals surface area (Å²) < 4.78 is 17.3. The monoisotopic (exact) mass is 831 g/mol. The quantitative estimate of drug-likeness (QED) is 0.0348. The summed E-state index contributed by atoms with van der Waals surface area (Å²) in [4.78, 5) is 25.3. The van der Waals surface area contributed by atoms with Crippen molar-refractivity contribution >= 4 is 11.9 Å². The van der Waals surface area contributed by atoms with Gasteiger partial charge >= 0.3 is 11.9 Å². The molecule has 0 saturated carbocycles. The van der Waals surface area contributed by atoms with E-state index < -0.39 is 6.10 Å². The summed E-state index contributed by atoms with van der Waals surface area (Å²) >= 11 is 0. The molecule has 0 bridgehead atoms. The Morgan fingerprint density at radius 3 is 1.23 bits per heavy atom. The lowest BCUT2D eigenvalue weighted by Gasteiger charge is -2.18. The standard InChI is InChI=1S/C55H90O5/c1-4-7-10-13-16-19-22-25-26-27-28-29-32-35-38-41-44-47-50-58-51-53(60-55(57)49-46-43-40-37-34-31-24-21-18-15-12-9-6-3)52-59-54(56)48-45-42-39-36-33-30-23-20-17-14-11-8-5-2/h7-8,10-11,16-17,19-21,24-26,28-30,33,35,38,53H,4-6,9,12-15,18,22-23,27,31-32,34,36-37,39-52H2,1-3H3/b10-7-,11-8-,19-16-,20-17-,24-21-,26-25-,29-28-,33-30-,38-35-. The van der Waals surface area contributed by atoms with Crippen molar-refractivity contribution in [1.29, 1.82) is 0 Å². The summed E-state index contributed by atoms with van der Waals surface area (Å²) in [7, 11) is 0. The Balaban J connectivity index is 4.42. The molecule has 0 aliphatic rings. The van der Waals surface area contributed by atoms with E-state index in [2.05, 4.69) is 130 Å². The third kappa shape index (κ3) is 47.2. The molecule has 60 heavy (non-hydrogen) atoms. The normalized spacial score (nSPS) is 13.2. The van der Waals surface area contributed by atoms with E-state index in [4.69, 9.17) is 14.2 Å². The van der Waals surface area contributed by atoms with Crippen LogP contribution in [0.25, 0.3) is 0 Å². The van der Waals surface area contributed by atoms with Crippen LogP contribution in [-0.4, -0.2) is 37.9 Å². The summed E-state index contributed by atoms with van der Waals surface area (Å²) in [6.45, 7) is 7.42. The van der Waals surface area contributed by atoms with E-state index in [-0.39, 0.29) is 25.2 Å². The maximum Gasteiger partial charge on any atom is 0.306 e. The van der Waals surface area contributed by atoms with Crippen LogP contribution in [0, 0.1) is 0 Å². The minimum atomic E-state index is -0.581. The van der Waals surface area contributed by atoms with Gasteiger partial charge in [-0.15, -0.1) is 0 Å². The number of ether oxygens (including phenoxy) is 3. The van der Waals surface area contributed by atoms with Gasteiger partial charge in [0.1, 0.15) is 6.61 Å². The van der Waals surface area contributed by atoms with Gasteiger partial charge in [-0.25, -0.2) is 0 Å². The molecule has 0 N–H and O–H groups in total. The average molecular weight is 831 g/mol.